The summed E-state index contributed by atoms with van der Waals surface area (Å²) in [7, 11) is -1.07. The molecule has 0 saturated heterocycles. The molecule has 0 aromatic carbocycles. The lowest BCUT2D eigenvalue weighted by Crippen LogP contribution is -2.23. The van der Waals surface area contributed by atoms with Crippen molar-refractivity contribution in [2.45, 2.75) is 44.4 Å². The van der Waals surface area contributed by atoms with E-state index in [1.807, 2.05) is 6.92 Å². The predicted octanol–water partition coefficient (Wildman–Crippen LogP) is 2.83. The second-order valence-corrected chi connectivity index (χ2v) is 7.48. The third-order valence-electron chi connectivity index (χ3n) is 3.02. The molecule has 2 atom stereocenters. The summed E-state index contributed by atoms with van der Waals surface area (Å²) < 4.78 is 12.1. The van der Waals surface area contributed by atoms with Gasteiger partial charge in [-0.25, -0.2) is 4.98 Å². The second kappa shape index (κ2) is 8.43. The van der Waals surface area contributed by atoms with Crippen molar-refractivity contribution in [2.24, 2.45) is 5.92 Å². The maximum absolute atomic E-state index is 11.8. The zero-order valence-corrected chi connectivity index (χ0v) is 13.4. The van der Waals surface area contributed by atoms with Gasteiger partial charge >= 0.3 is 0 Å². The Labute approximate surface area is 121 Å². The van der Waals surface area contributed by atoms with Gasteiger partial charge in [-0.1, -0.05) is 27.2 Å². The summed E-state index contributed by atoms with van der Waals surface area (Å²) in [6.45, 7) is 6.92. The molecule has 1 heterocycles. The van der Waals surface area contributed by atoms with E-state index in [-0.39, 0.29) is 5.91 Å². The first-order chi connectivity index (χ1) is 9.08. The summed E-state index contributed by atoms with van der Waals surface area (Å²) in [4.78, 5) is 16.4. The van der Waals surface area contributed by atoms with Gasteiger partial charge < -0.3 is 5.32 Å². The summed E-state index contributed by atoms with van der Waals surface area (Å²) in [5.74, 6) is 1.13. The fraction of sp³-hybridized carbons (Fsp3) is 0.692. The van der Waals surface area contributed by atoms with Crippen LogP contribution in [-0.4, -0.2) is 27.4 Å². The lowest BCUT2D eigenvalue weighted by molar-refractivity contribution is 0.0956. The number of carbonyl (C=O) groups excluding carboxylic acids is 1. The van der Waals surface area contributed by atoms with Gasteiger partial charge in [-0.05, 0) is 18.8 Å². The molecule has 1 aromatic heterocycles. The largest absolute Gasteiger partial charge is 0.351 e. The fourth-order valence-electron chi connectivity index (χ4n) is 1.54. The summed E-state index contributed by atoms with van der Waals surface area (Å²) in [6, 6.07) is 0. The van der Waals surface area contributed by atoms with E-state index in [9.17, 15) is 9.00 Å². The SMILES string of the molecule is CCC(C)CCCNC(=O)c1cnc(S(=O)CC)s1. The Kier molecular flexibility index (Phi) is 7.23. The second-order valence-electron chi connectivity index (χ2n) is 4.54. The Morgan fingerprint density at radius 1 is 1.53 bits per heavy atom. The number of thiazole rings is 1. The van der Waals surface area contributed by atoms with Crippen molar-refractivity contribution in [3.63, 3.8) is 0 Å². The average Bonchev–Trinajstić information content (AvgIpc) is 2.91. The Hall–Kier alpha value is -0.750. The first kappa shape index (κ1) is 16.3. The van der Waals surface area contributed by atoms with Crippen molar-refractivity contribution in [3.8, 4) is 0 Å². The van der Waals surface area contributed by atoms with Crippen LogP contribution in [0.25, 0.3) is 0 Å². The summed E-state index contributed by atoms with van der Waals surface area (Å²) in [5, 5.41) is 2.88. The number of aromatic nitrogens is 1. The van der Waals surface area contributed by atoms with Crippen LogP contribution in [-0.2, 0) is 10.8 Å². The molecule has 2 unspecified atom stereocenters. The van der Waals surface area contributed by atoms with Crippen LogP contribution in [0.15, 0.2) is 10.5 Å². The molecule has 108 valence electrons. The summed E-state index contributed by atoms with van der Waals surface area (Å²) in [5.41, 5.74) is 0. The van der Waals surface area contributed by atoms with Gasteiger partial charge in [0, 0.05) is 12.3 Å². The van der Waals surface area contributed by atoms with Gasteiger partial charge in [0.05, 0.1) is 17.0 Å². The van der Waals surface area contributed by atoms with Gasteiger partial charge in [0.25, 0.3) is 5.91 Å². The quantitative estimate of drug-likeness (QED) is 0.751. The molecule has 0 fully saturated rings. The number of carbonyl (C=O) groups is 1. The van der Waals surface area contributed by atoms with Crippen LogP contribution < -0.4 is 5.32 Å². The van der Waals surface area contributed by atoms with Gasteiger partial charge in [-0.15, -0.1) is 11.3 Å². The van der Waals surface area contributed by atoms with E-state index >= 15 is 0 Å². The molecular weight excluding hydrogens is 280 g/mol. The van der Waals surface area contributed by atoms with E-state index in [4.69, 9.17) is 0 Å². The molecule has 1 N–H and O–H groups in total. The molecule has 1 rings (SSSR count). The maximum Gasteiger partial charge on any atom is 0.263 e. The molecule has 4 nitrogen and oxygen atoms in total. The van der Waals surface area contributed by atoms with Crippen LogP contribution in [0.2, 0.25) is 0 Å². The minimum absolute atomic E-state index is 0.110. The maximum atomic E-state index is 11.8. The fourth-order valence-corrected chi connectivity index (χ4v) is 3.51. The van der Waals surface area contributed by atoms with E-state index < -0.39 is 10.8 Å². The molecular formula is C13H22N2O2S2. The van der Waals surface area contributed by atoms with Crippen LogP contribution in [0, 0.1) is 5.92 Å². The normalized spacial score (nSPS) is 14.1. The third kappa shape index (κ3) is 5.40. The van der Waals surface area contributed by atoms with Gasteiger partial charge in [0.2, 0.25) is 0 Å². The first-order valence-electron chi connectivity index (χ1n) is 6.70. The van der Waals surface area contributed by atoms with Crippen molar-refractivity contribution in [2.75, 3.05) is 12.3 Å². The van der Waals surface area contributed by atoms with Gasteiger partial charge in [-0.2, -0.15) is 0 Å². The third-order valence-corrected chi connectivity index (χ3v) is 5.64. The molecule has 1 amide bonds. The lowest BCUT2D eigenvalue weighted by atomic mass is 10.0. The number of hydrogen-bond acceptors (Lipinski definition) is 4. The minimum Gasteiger partial charge on any atom is -0.351 e. The van der Waals surface area contributed by atoms with Crippen molar-refractivity contribution in [1.29, 1.82) is 0 Å². The molecule has 1 aromatic rings. The van der Waals surface area contributed by atoms with Crippen LogP contribution in [0.5, 0.6) is 0 Å². The monoisotopic (exact) mass is 302 g/mol. The Bertz CT molecular complexity index is 432. The Balaban J connectivity index is 2.37. The van der Waals surface area contributed by atoms with Crippen LogP contribution in [0.3, 0.4) is 0 Å². The lowest BCUT2D eigenvalue weighted by Gasteiger charge is -2.08. The summed E-state index contributed by atoms with van der Waals surface area (Å²) in [6.07, 6.45) is 4.81. The molecule has 0 aliphatic carbocycles. The minimum atomic E-state index is -1.07. The molecule has 19 heavy (non-hydrogen) atoms. The highest BCUT2D eigenvalue weighted by molar-refractivity contribution is 7.87. The van der Waals surface area contributed by atoms with Crippen LogP contribution in [0.1, 0.15) is 49.7 Å². The first-order valence-corrected chi connectivity index (χ1v) is 8.84. The van der Waals surface area contributed by atoms with E-state index in [1.165, 1.54) is 24.0 Å². The van der Waals surface area contributed by atoms with Crippen molar-refractivity contribution in [3.05, 3.63) is 11.1 Å². The smallest absolute Gasteiger partial charge is 0.263 e. The highest BCUT2D eigenvalue weighted by atomic mass is 32.2. The predicted molar refractivity (Wildman–Crippen MR) is 80.1 cm³/mol. The highest BCUT2D eigenvalue weighted by Crippen LogP contribution is 2.16. The Morgan fingerprint density at radius 3 is 2.89 bits per heavy atom. The van der Waals surface area contributed by atoms with Crippen LogP contribution >= 0.6 is 11.3 Å². The van der Waals surface area contributed by atoms with Crippen molar-refractivity contribution in [1.82, 2.24) is 10.3 Å². The molecule has 0 radical (unpaired) electrons. The van der Waals surface area contributed by atoms with Gasteiger partial charge in [0.15, 0.2) is 4.34 Å². The topological polar surface area (TPSA) is 59.1 Å². The molecule has 6 heteroatoms. The van der Waals surface area contributed by atoms with E-state index in [1.54, 1.807) is 0 Å². The highest BCUT2D eigenvalue weighted by Gasteiger charge is 2.13. The summed E-state index contributed by atoms with van der Waals surface area (Å²) >= 11 is 1.22. The number of nitrogens with zero attached hydrogens (tertiary/aromatic N) is 1. The number of amides is 1. The van der Waals surface area contributed by atoms with E-state index in [0.717, 1.165) is 12.8 Å². The number of hydrogen-bond donors (Lipinski definition) is 1. The van der Waals surface area contributed by atoms with Crippen LogP contribution in [0.4, 0.5) is 0 Å². The average molecular weight is 302 g/mol. The number of nitrogens with one attached hydrogen (secondary N) is 1. The van der Waals surface area contributed by atoms with Gasteiger partial charge in [-0.3, -0.25) is 9.00 Å². The zero-order valence-electron chi connectivity index (χ0n) is 11.8. The van der Waals surface area contributed by atoms with Gasteiger partial charge in [0.1, 0.15) is 4.88 Å². The molecule has 0 spiro atoms. The molecule has 0 saturated carbocycles. The standard InChI is InChI=1S/C13H22N2O2S2/c1-4-10(3)7-6-8-14-12(16)11-9-15-13(18-11)19(17)5-2/h9-10H,4-8H2,1-3H3,(H,14,16). The molecule has 0 aliphatic rings. The van der Waals surface area contributed by atoms with Crippen molar-refractivity contribution >= 4 is 28.0 Å². The Morgan fingerprint density at radius 2 is 2.26 bits per heavy atom. The molecule has 0 bridgehead atoms. The molecule has 0 aliphatic heterocycles. The van der Waals surface area contributed by atoms with E-state index in [2.05, 4.69) is 24.1 Å². The number of rotatable bonds is 8. The zero-order chi connectivity index (χ0) is 14.3. The van der Waals surface area contributed by atoms with Crippen molar-refractivity contribution < 1.29 is 9.00 Å². The van der Waals surface area contributed by atoms with E-state index in [0.29, 0.717) is 27.4 Å².